The van der Waals surface area contributed by atoms with Crippen LogP contribution < -0.4 is 15.4 Å². The number of nitrogens with zero attached hydrogens (tertiary/aromatic N) is 3. The molecule has 2 N–H and O–H groups in total. The van der Waals surface area contributed by atoms with Gasteiger partial charge < -0.3 is 15.4 Å². The van der Waals surface area contributed by atoms with E-state index >= 15 is 0 Å². The predicted molar refractivity (Wildman–Crippen MR) is 128 cm³/mol. The highest BCUT2D eigenvalue weighted by Crippen LogP contribution is 2.39. The molecule has 1 aromatic heterocycles. The van der Waals surface area contributed by atoms with Gasteiger partial charge >= 0.3 is 0 Å². The van der Waals surface area contributed by atoms with Crippen molar-refractivity contribution in [2.24, 2.45) is 0 Å². The standard InChI is InChI=1S/C26H23N5O2/c1-17-22(26(32)28-20-13-15-21(33-2)16-14-20)24(19-11-7-4-8-12-19)31-25(27-17)23(29-30-31)18-9-5-3-6-10-18/h3-16,24,27H,1-2H3,(H,28,32). The van der Waals surface area contributed by atoms with Gasteiger partial charge in [-0.2, -0.15) is 0 Å². The van der Waals surface area contributed by atoms with Gasteiger partial charge in [-0.25, -0.2) is 4.68 Å². The van der Waals surface area contributed by atoms with Crippen LogP contribution in [0.4, 0.5) is 11.5 Å². The van der Waals surface area contributed by atoms with Crippen LogP contribution >= 0.6 is 0 Å². The van der Waals surface area contributed by atoms with E-state index in [1.165, 1.54) is 0 Å². The Bertz CT molecular complexity index is 1310. The summed E-state index contributed by atoms with van der Waals surface area (Å²) in [7, 11) is 1.61. The van der Waals surface area contributed by atoms with Crippen molar-refractivity contribution in [2.75, 3.05) is 17.7 Å². The quantitative estimate of drug-likeness (QED) is 0.465. The van der Waals surface area contributed by atoms with Crippen molar-refractivity contribution in [3.63, 3.8) is 0 Å². The number of hydrogen-bond acceptors (Lipinski definition) is 5. The average molecular weight is 438 g/mol. The number of rotatable bonds is 5. The molecule has 3 aromatic carbocycles. The predicted octanol–water partition coefficient (Wildman–Crippen LogP) is 4.88. The Morgan fingerprint density at radius 2 is 1.64 bits per heavy atom. The molecule has 2 heterocycles. The SMILES string of the molecule is COc1ccc(NC(=O)C2=C(C)Nc3c(-c4ccccc4)nnn3C2c2ccccc2)cc1. The van der Waals surface area contributed by atoms with Crippen molar-refractivity contribution in [1.82, 2.24) is 15.0 Å². The highest BCUT2D eigenvalue weighted by Gasteiger charge is 2.35. The maximum Gasteiger partial charge on any atom is 0.255 e. The van der Waals surface area contributed by atoms with Crippen molar-refractivity contribution in [3.8, 4) is 17.0 Å². The zero-order chi connectivity index (χ0) is 22.8. The van der Waals surface area contributed by atoms with Crippen LogP contribution in [-0.4, -0.2) is 28.0 Å². The molecule has 0 fully saturated rings. The number of nitrogens with one attached hydrogen (secondary N) is 2. The van der Waals surface area contributed by atoms with Gasteiger partial charge in [0.05, 0.1) is 12.7 Å². The second-order valence-electron chi connectivity index (χ2n) is 7.76. The number of fused-ring (bicyclic) bond motifs is 1. The van der Waals surface area contributed by atoms with Crippen molar-refractivity contribution >= 4 is 17.4 Å². The second-order valence-corrected chi connectivity index (χ2v) is 7.76. The lowest BCUT2D eigenvalue weighted by Crippen LogP contribution is -2.31. The molecular weight excluding hydrogens is 414 g/mol. The third kappa shape index (κ3) is 3.85. The monoisotopic (exact) mass is 437 g/mol. The van der Waals surface area contributed by atoms with Crippen LogP contribution in [0.1, 0.15) is 18.5 Å². The fraction of sp³-hybridized carbons (Fsp3) is 0.115. The van der Waals surface area contributed by atoms with E-state index in [1.54, 1.807) is 11.8 Å². The third-order valence-electron chi connectivity index (χ3n) is 5.68. The minimum atomic E-state index is -0.425. The summed E-state index contributed by atoms with van der Waals surface area (Å²) in [6, 6.07) is 26.6. The summed E-state index contributed by atoms with van der Waals surface area (Å²) in [6.45, 7) is 1.91. The Morgan fingerprint density at radius 1 is 0.970 bits per heavy atom. The fourth-order valence-corrected chi connectivity index (χ4v) is 4.06. The largest absolute Gasteiger partial charge is 0.497 e. The Kier molecular flexibility index (Phi) is 5.36. The molecule has 5 rings (SSSR count). The molecule has 0 radical (unpaired) electrons. The van der Waals surface area contributed by atoms with E-state index < -0.39 is 6.04 Å². The van der Waals surface area contributed by atoms with E-state index in [0.717, 1.165) is 34.1 Å². The van der Waals surface area contributed by atoms with Crippen LogP contribution in [0.25, 0.3) is 11.3 Å². The van der Waals surface area contributed by atoms with Gasteiger partial charge in [0.2, 0.25) is 0 Å². The number of allylic oxidation sites excluding steroid dienone is 1. The van der Waals surface area contributed by atoms with Gasteiger partial charge in [-0.3, -0.25) is 4.79 Å². The molecule has 0 aliphatic carbocycles. The van der Waals surface area contributed by atoms with E-state index in [4.69, 9.17) is 4.74 Å². The molecule has 164 valence electrons. The van der Waals surface area contributed by atoms with Crippen molar-refractivity contribution in [2.45, 2.75) is 13.0 Å². The second kappa shape index (κ2) is 8.63. The number of carbonyl (C=O) groups is 1. The highest BCUT2D eigenvalue weighted by molar-refractivity contribution is 6.06. The lowest BCUT2D eigenvalue weighted by Gasteiger charge is -2.29. The van der Waals surface area contributed by atoms with Gasteiger partial charge in [-0.05, 0) is 36.8 Å². The molecule has 0 spiro atoms. The van der Waals surface area contributed by atoms with Gasteiger partial charge in [0.15, 0.2) is 5.82 Å². The summed E-state index contributed by atoms with van der Waals surface area (Å²) in [5.74, 6) is 1.28. The number of benzene rings is 3. The van der Waals surface area contributed by atoms with Crippen LogP contribution in [-0.2, 0) is 4.79 Å². The van der Waals surface area contributed by atoms with Gasteiger partial charge in [0.25, 0.3) is 5.91 Å². The average Bonchev–Trinajstić information content (AvgIpc) is 3.28. The molecule has 7 nitrogen and oxygen atoms in total. The molecule has 0 saturated carbocycles. The van der Waals surface area contributed by atoms with Gasteiger partial charge in [0, 0.05) is 16.9 Å². The zero-order valence-electron chi connectivity index (χ0n) is 18.3. The van der Waals surface area contributed by atoms with Crippen molar-refractivity contribution in [1.29, 1.82) is 0 Å². The summed E-state index contributed by atoms with van der Waals surface area (Å²) in [5.41, 5.74) is 4.66. The summed E-state index contributed by atoms with van der Waals surface area (Å²) in [4.78, 5) is 13.5. The van der Waals surface area contributed by atoms with E-state index in [2.05, 4.69) is 20.9 Å². The fourth-order valence-electron chi connectivity index (χ4n) is 4.06. The summed E-state index contributed by atoms with van der Waals surface area (Å²) in [6.07, 6.45) is 0. The summed E-state index contributed by atoms with van der Waals surface area (Å²) >= 11 is 0. The van der Waals surface area contributed by atoms with Crippen LogP contribution in [0.5, 0.6) is 5.75 Å². The van der Waals surface area contributed by atoms with Crippen molar-refractivity contribution in [3.05, 3.63) is 102 Å². The lowest BCUT2D eigenvalue weighted by atomic mass is 9.94. The topological polar surface area (TPSA) is 81.1 Å². The first kappa shape index (κ1) is 20.5. The lowest BCUT2D eigenvalue weighted by molar-refractivity contribution is -0.113. The van der Waals surface area contributed by atoms with Gasteiger partial charge in [0.1, 0.15) is 17.5 Å². The third-order valence-corrected chi connectivity index (χ3v) is 5.68. The molecule has 1 aliphatic heterocycles. The molecule has 1 atom stereocenters. The zero-order valence-corrected chi connectivity index (χ0v) is 18.3. The minimum Gasteiger partial charge on any atom is -0.497 e. The minimum absolute atomic E-state index is 0.207. The first-order valence-corrected chi connectivity index (χ1v) is 10.6. The number of methoxy groups -OCH3 is 1. The Hall–Kier alpha value is -4.39. The maximum absolute atomic E-state index is 13.5. The first-order chi connectivity index (χ1) is 16.2. The Balaban J connectivity index is 1.57. The molecular formula is C26H23N5O2. The van der Waals surface area contributed by atoms with E-state index in [1.807, 2.05) is 91.9 Å². The molecule has 0 saturated heterocycles. The van der Waals surface area contributed by atoms with Crippen LogP contribution in [0, 0.1) is 0 Å². The smallest absolute Gasteiger partial charge is 0.255 e. The molecule has 0 bridgehead atoms. The maximum atomic E-state index is 13.5. The van der Waals surface area contributed by atoms with Crippen LogP contribution in [0.3, 0.4) is 0 Å². The van der Waals surface area contributed by atoms with Crippen LogP contribution in [0.15, 0.2) is 96.2 Å². The normalized spacial score (nSPS) is 14.9. The first-order valence-electron chi connectivity index (χ1n) is 10.6. The number of ether oxygens (including phenoxy) is 1. The molecule has 4 aromatic rings. The van der Waals surface area contributed by atoms with E-state index in [0.29, 0.717) is 11.3 Å². The number of amides is 1. The summed E-state index contributed by atoms with van der Waals surface area (Å²) < 4.78 is 7.00. The number of aromatic nitrogens is 3. The van der Waals surface area contributed by atoms with E-state index in [9.17, 15) is 4.79 Å². The van der Waals surface area contributed by atoms with Crippen molar-refractivity contribution < 1.29 is 9.53 Å². The summed E-state index contributed by atoms with van der Waals surface area (Å²) in [5, 5.41) is 15.3. The number of carbonyl (C=O) groups excluding carboxylic acids is 1. The molecule has 1 amide bonds. The van der Waals surface area contributed by atoms with Gasteiger partial charge in [-0.1, -0.05) is 65.9 Å². The van der Waals surface area contributed by atoms with Crippen LogP contribution in [0.2, 0.25) is 0 Å². The molecule has 1 aliphatic rings. The number of anilines is 2. The highest BCUT2D eigenvalue weighted by atomic mass is 16.5. The van der Waals surface area contributed by atoms with Gasteiger partial charge in [-0.15, -0.1) is 5.10 Å². The Labute approximate surface area is 191 Å². The molecule has 33 heavy (non-hydrogen) atoms. The molecule has 7 heteroatoms. The number of hydrogen-bond donors (Lipinski definition) is 2. The Morgan fingerprint density at radius 3 is 2.30 bits per heavy atom. The molecule has 1 unspecified atom stereocenters. The van der Waals surface area contributed by atoms with E-state index in [-0.39, 0.29) is 5.91 Å².